The van der Waals surface area contributed by atoms with E-state index in [4.69, 9.17) is 23.2 Å². The first-order valence-corrected chi connectivity index (χ1v) is 10.8. The summed E-state index contributed by atoms with van der Waals surface area (Å²) in [5.41, 5.74) is 1.32. The van der Waals surface area contributed by atoms with Gasteiger partial charge in [-0.1, -0.05) is 41.4 Å². The van der Waals surface area contributed by atoms with Crippen LogP contribution in [0.25, 0.3) is 0 Å². The average molecular weight is 418 g/mol. The van der Waals surface area contributed by atoms with Crippen molar-refractivity contribution in [1.82, 2.24) is 4.72 Å². The Balaban J connectivity index is 1.85. The third-order valence-electron chi connectivity index (χ3n) is 3.42. The van der Waals surface area contributed by atoms with Crippen LogP contribution in [0, 0.1) is 0 Å². The molecule has 134 valence electrons. The molecule has 0 atom stereocenters. The minimum absolute atomic E-state index is 0.105. The smallest absolute Gasteiger partial charge is 0.240 e. The van der Waals surface area contributed by atoms with E-state index in [9.17, 15) is 13.2 Å². The number of thioether (sulfide) groups is 1. The van der Waals surface area contributed by atoms with Crippen LogP contribution in [0.3, 0.4) is 0 Å². The highest BCUT2D eigenvalue weighted by Gasteiger charge is 2.14. The van der Waals surface area contributed by atoms with Gasteiger partial charge in [0.15, 0.2) is 5.78 Å². The summed E-state index contributed by atoms with van der Waals surface area (Å²) in [4.78, 5) is 11.4. The quantitative estimate of drug-likeness (QED) is 0.510. The molecule has 0 aliphatic rings. The summed E-state index contributed by atoms with van der Waals surface area (Å²) < 4.78 is 27.0. The molecule has 0 saturated carbocycles. The van der Waals surface area contributed by atoms with Crippen molar-refractivity contribution in [2.45, 2.75) is 17.6 Å². The minimum Gasteiger partial charge on any atom is -0.295 e. The number of ketones is 1. The number of sulfonamides is 1. The molecule has 0 aromatic heterocycles. The Morgan fingerprint density at radius 3 is 2.24 bits per heavy atom. The van der Waals surface area contributed by atoms with Crippen LogP contribution in [0.4, 0.5) is 0 Å². The Kier molecular flexibility index (Phi) is 7.34. The topological polar surface area (TPSA) is 63.2 Å². The maximum atomic E-state index is 12.2. The molecule has 1 N–H and O–H groups in total. The second-order valence-electron chi connectivity index (χ2n) is 5.23. The molecule has 0 spiro atoms. The Morgan fingerprint density at radius 2 is 1.68 bits per heavy atom. The molecule has 0 fully saturated rings. The van der Waals surface area contributed by atoms with Crippen molar-refractivity contribution < 1.29 is 13.2 Å². The summed E-state index contributed by atoms with van der Waals surface area (Å²) in [6, 6.07) is 11.2. The number of carbonyl (C=O) groups excluding carboxylic acids is 1. The summed E-state index contributed by atoms with van der Waals surface area (Å²) in [6.07, 6.45) is 0. The number of halogens is 2. The maximum absolute atomic E-state index is 12.2. The van der Waals surface area contributed by atoms with Gasteiger partial charge in [0, 0.05) is 33.7 Å². The number of hydrogen-bond donors (Lipinski definition) is 1. The van der Waals surface area contributed by atoms with E-state index in [0.717, 1.165) is 5.56 Å². The van der Waals surface area contributed by atoms with Crippen molar-refractivity contribution in [2.24, 2.45) is 0 Å². The number of benzene rings is 2. The van der Waals surface area contributed by atoms with E-state index >= 15 is 0 Å². The van der Waals surface area contributed by atoms with Gasteiger partial charge in [0.05, 0.1) is 4.90 Å². The van der Waals surface area contributed by atoms with Crippen molar-refractivity contribution in [3.63, 3.8) is 0 Å². The van der Waals surface area contributed by atoms with Gasteiger partial charge in [-0.15, -0.1) is 0 Å². The zero-order valence-electron chi connectivity index (χ0n) is 13.5. The second kappa shape index (κ2) is 9.05. The van der Waals surface area contributed by atoms with Gasteiger partial charge in [0.1, 0.15) is 0 Å². The Morgan fingerprint density at radius 1 is 1.08 bits per heavy atom. The molecule has 0 unspecified atom stereocenters. The van der Waals surface area contributed by atoms with E-state index in [1.807, 2.05) is 0 Å². The molecule has 2 aromatic carbocycles. The predicted octanol–water partition coefficient (Wildman–Crippen LogP) is 4.41. The SMILES string of the molecule is CC(=O)c1ccc(S(=O)(=O)NCCSCc2c(Cl)cccc2Cl)cc1. The zero-order chi connectivity index (χ0) is 18.4. The van der Waals surface area contributed by atoms with Crippen LogP contribution in [0.2, 0.25) is 10.0 Å². The van der Waals surface area contributed by atoms with Crippen molar-refractivity contribution >= 4 is 50.8 Å². The minimum atomic E-state index is -3.59. The first-order chi connectivity index (χ1) is 11.8. The number of Topliss-reactive ketones (excluding diaryl/α,β-unsaturated/α-hetero) is 1. The van der Waals surface area contributed by atoms with Gasteiger partial charge in [0.25, 0.3) is 0 Å². The van der Waals surface area contributed by atoms with Crippen LogP contribution < -0.4 is 4.72 Å². The van der Waals surface area contributed by atoms with Gasteiger partial charge in [-0.3, -0.25) is 4.79 Å². The number of rotatable bonds is 8. The third-order valence-corrected chi connectivity index (χ3v) is 6.59. The van der Waals surface area contributed by atoms with Crippen LogP contribution in [-0.2, 0) is 15.8 Å². The maximum Gasteiger partial charge on any atom is 0.240 e. The fraction of sp³-hybridized carbons (Fsp3) is 0.235. The molecule has 0 radical (unpaired) electrons. The lowest BCUT2D eigenvalue weighted by molar-refractivity contribution is 0.101. The van der Waals surface area contributed by atoms with Crippen LogP contribution in [0.15, 0.2) is 47.4 Å². The summed E-state index contributed by atoms with van der Waals surface area (Å²) in [5, 5.41) is 1.21. The van der Waals surface area contributed by atoms with Crippen molar-refractivity contribution in [1.29, 1.82) is 0 Å². The first kappa shape index (κ1) is 20.3. The number of nitrogens with one attached hydrogen (secondary N) is 1. The van der Waals surface area contributed by atoms with Crippen LogP contribution >= 0.6 is 35.0 Å². The van der Waals surface area contributed by atoms with Crippen LogP contribution in [-0.4, -0.2) is 26.5 Å². The molecule has 8 heteroatoms. The highest BCUT2D eigenvalue weighted by atomic mass is 35.5. The molecule has 2 aromatic rings. The molecule has 0 aliphatic heterocycles. The van der Waals surface area contributed by atoms with E-state index in [-0.39, 0.29) is 17.2 Å². The second-order valence-corrected chi connectivity index (χ2v) is 8.92. The lowest BCUT2D eigenvalue weighted by Gasteiger charge is -2.09. The van der Waals surface area contributed by atoms with E-state index in [1.165, 1.54) is 43.0 Å². The molecule has 4 nitrogen and oxygen atoms in total. The van der Waals surface area contributed by atoms with Gasteiger partial charge in [-0.05, 0) is 36.8 Å². The van der Waals surface area contributed by atoms with Crippen molar-refractivity contribution in [3.05, 3.63) is 63.6 Å². The van der Waals surface area contributed by atoms with Crippen LogP contribution in [0.1, 0.15) is 22.8 Å². The molecular weight excluding hydrogens is 401 g/mol. The largest absolute Gasteiger partial charge is 0.295 e. The van der Waals surface area contributed by atoms with Gasteiger partial charge >= 0.3 is 0 Å². The van der Waals surface area contributed by atoms with Crippen molar-refractivity contribution in [2.75, 3.05) is 12.3 Å². The molecule has 0 saturated heterocycles. The third kappa shape index (κ3) is 5.72. The number of carbonyl (C=O) groups is 1. The molecular formula is C17H17Cl2NO3S2. The van der Waals surface area contributed by atoms with E-state index in [2.05, 4.69) is 4.72 Å². The fourth-order valence-electron chi connectivity index (χ4n) is 2.04. The van der Waals surface area contributed by atoms with Crippen LogP contribution in [0.5, 0.6) is 0 Å². The Hall–Kier alpha value is -1.05. The van der Waals surface area contributed by atoms with Gasteiger partial charge in [-0.25, -0.2) is 13.1 Å². The standard InChI is InChI=1S/C17H17Cl2NO3S2/c1-12(21)13-5-7-14(8-6-13)25(22,23)20-9-10-24-11-15-16(18)3-2-4-17(15)19/h2-8,20H,9-11H2,1H3. The summed E-state index contributed by atoms with van der Waals surface area (Å²) >= 11 is 13.7. The molecule has 0 amide bonds. The lowest BCUT2D eigenvalue weighted by atomic mass is 10.2. The van der Waals surface area contributed by atoms with E-state index in [1.54, 1.807) is 18.2 Å². The molecule has 25 heavy (non-hydrogen) atoms. The highest BCUT2D eigenvalue weighted by Crippen LogP contribution is 2.28. The van der Waals surface area contributed by atoms with Gasteiger partial charge in [0.2, 0.25) is 10.0 Å². The predicted molar refractivity (Wildman–Crippen MR) is 104 cm³/mol. The average Bonchev–Trinajstić information content (AvgIpc) is 2.57. The fourth-order valence-corrected chi connectivity index (χ4v) is 4.80. The summed E-state index contributed by atoms with van der Waals surface area (Å²) in [7, 11) is -3.59. The van der Waals surface area contributed by atoms with E-state index < -0.39 is 10.0 Å². The van der Waals surface area contributed by atoms with Gasteiger partial charge in [-0.2, -0.15) is 11.8 Å². The highest BCUT2D eigenvalue weighted by molar-refractivity contribution is 7.98. The number of hydrogen-bond acceptors (Lipinski definition) is 4. The molecule has 0 aliphatic carbocycles. The first-order valence-electron chi connectivity index (χ1n) is 7.42. The van der Waals surface area contributed by atoms with Gasteiger partial charge < -0.3 is 0 Å². The molecule has 0 bridgehead atoms. The monoisotopic (exact) mass is 417 g/mol. The molecule has 0 heterocycles. The van der Waals surface area contributed by atoms with Crippen molar-refractivity contribution in [3.8, 4) is 0 Å². The Bertz CT molecular complexity index is 832. The zero-order valence-corrected chi connectivity index (χ0v) is 16.6. The summed E-state index contributed by atoms with van der Waals surface area (Å²) in [5.74, 6) is 1.08. The normalized spacial score (nSPS) is 11.5. The summed E-state index contributed by atoms with van der Waals surface area (Å²) in [6.45, 7) is 1.72. The lowest BCUT2D eigenvalue weighted by Crippen LogP contribution is -2.26. The Labute approximate surface area is 162 Å². The van der Waals surface area contributed by atoms with E-state index in [0.29, 0.717) is 27.1 Å². The molecule has 2 rings (SSSR count).